The highest BCUT2D eigenvalue weighted by Crippen LogP contribution is 2.30. The topological polar surface area (TPSA) is 64.4 Å². The van der Waals surface area contributed by atoms with Crippen LogP contribution >= 0.6 is 11.6 Å². The van der Waals surface area contributed by atoms with Crippen molar-refractivity contribution in [2.24, 2.45) is 5.92 Å². The van der Waals surface area contributed by atoms with E-state index in [2.05, 4.69) is 19.2 Å². The maximum Gasteiger partial charge on any atom is 0.288 e. The van der Waals surface area contributed by atoms with Crippen LogP contribution in [0.3, 0.4) is 0 Å². The number of halogens is 1. The van der Waals surface area contributed by atoms with Crippen molar-refractivity contribution in [3.05, 3.63) is 32.8 Å². The Kier molecular flexibility index (Phi) is 6.75. The molecule has 0 aliphatic rings. The largest absolute Gasteiger partial charge is 0.382 e. The van der Waals surface area contributed by atoms with Crippen molar-refractivity contribution in [2.75, 3.05) is 25.1 Å². The highest BCUT2D eigenvalue weighted by atomic mass is 35.5. The third-order valence-corrected chi connectivity index (χ3v) is 3.19. The minimum Gasteiger partial charge on any atom is -0.382 e. The Labute approximate surface area is 124 Å². The van der Waals surface area contributed by atoms with Crippen LogP contribution in [0, 0.1) is 23.0 Å². The summed E-state index contributed by atoms with van der Waals surface area (Å²) in [5.74, 6) is 0.638. The predicted octanol–water partition coefficient (Wildman–Crippen LogP) is 4.03. The Morgan fingerprint density at radius 1 is 1.40 bits per heavy atom. The van der Waals surface area contributed by atoms with E-state index in [1.54, 1.807) is 6.07 Å². The SMILES string of the molecule is Cc1cc([N+](=O)[O-])c(Cl)cc1NCCOCCC(C)C. The van der Waals surface area contributed by atoms with Crippen LogP contribution in [0.15, 0.2) is 12.1 Å². The number of hydrogen-bond acceptors (Lipinski definition) is 4. The Balaban J connectivity index is 2.45. The van der Waals surface area contributed by atoms with Crippen LogP contribution < -0.4 is 5.32 Å². The number of rotatable bonds is 8. The van der Waals surface area contributed by atoms with Gasteiger partial charge in [-0.15, -0.1) is 0 Å². The van der Waals surface area contributed by atoms with Gasteiger partial charge in [-0.2, -0.15) is 0 Å². The van der Waals surface area contributed by atoms with E-state index < -0.39 is 4.92 Å². The zero-order valence-corrected chi connectivity index (χ0v) is 12.9. The van der Waals surface area contributed by atoms with E-state index in [-0.39, 0.29) is 10.7 Å². The van der Waals surface area contributed by atoms with E-state index in [9.17, 15) is 10.1 Å². The second-order valence-electron chi connectivity index (χ2n) is 5.10. The maximum atomic E-state index is 10.8. The average Bonchev–Trinajstić information content (AvgIpc) is 2.36. The molecule has 112 valence electrons. The summed E-state index contributed by atoms with van der Waals surface area (Å²) in [6, 6.07) is 3.06. The first kappa shape index (κ1) is 16.7. The molecule has 6 heteroatoms. The maximum absolute atomic E-state index is 10.8. The molecule has 1 N–H and O–H groups in total. The molecule has 0 aromatic heterocycles. The lowest BCUT2D eigenvalue weighted by Crippen LogP contribution is -2.11. The monoisotopic (exact) mass is 300 g/mol. The number of benzene rings is 1. The number of aryl methyl sites for hydroxylation is 1. The number of ether oxygens (including phenoxy) is 1. The summed E-state index contributed by atoms with van der Waals surface area (Å²) in [5, 5.41) is 14.1. The second-order valence-corrected chi connectivity index (χ2v) is 5.50. The Morgan fingerprint density at radius 2 is 2.10 bits per heavy atom. The van der Waals surface area contributed by atoms with Crippen LogP contribution in [-0.4, -0.2) is 24.7 Å². The van der Waals surface area contributed by atoms with E-state index in [0.717, 1.165) is 24.3 Å². The molecule has 0 aliphatic carbocycles. The van der Waals surface area contributed by atoms with Crippen molar-refractivity contribution in [1.29, 1.82) is 0 Å². The fourth-order valence-electron chi connectivity index (χ4n) is 1.68. The van der Waals surface area contributed by atoms with Gasteiger partial charge in [0, 0.05) is 24.9 Å². The number of anilines is 1. The number of nitro benzene ring substituents is 1. The molecule has 0 amide bonds. The van der Waals surface area contributed by atoms with Gasteiger partial charge in [0.05, 0.1) is 11.5 Å². The number of nitrogens with zero attached hydrogens (tertiary/aromatic N) is 1. The zero-order chi connectivity index (χ0) is 15.1. The summed E-state index contributed by atoms with van der Waals surface area (Å²) in [7, 11) is 0. The van der Waals surface area contributed by atoms with E-state index in [0.29, 0.717) is 19.1 Å². The molecular formula is C14H21ClN2O3. The van der Waals surface area contributed by atoms with Gasteiger partial charge in [0.1, 0.15) is 5.02 Å². The molecule has 0 atom stereocenters. The summed E-state index contributed by atoms with van der Waals surface area (Å²) >= 11 is 5.88. The fourth-order valence-corrected chi connectivity index (χ4v) is 1.91. The lowest BCUT2D eigenvalue weighted by atomic mass is 10.1. The van der Waals surface area contributed by atoms with Gasteiger partial charge >= 0.3 is 0 Å². The van der Waals surface area contributed by atoms with Crippen molar-refractivity contribution in [1.82, 2.24) is 0 Å². The third-order valence-electron chi connectivity index (χ3n) is 2.89. The van der Waals surface area contributed by atoms with Crippen LogP contribution in [0.25, 0.3) is 0 Å². The van der Waals surface area contributed by atoms with Gasteiger partial charge in [-0.3, -0.25) is 10.1 Å². The first-order valence-corrected chi connectivity index (χ1v) is 7.05. The van der Waals surface area contributed by atoms with E-state index in [1.165, 1.54) is 6.07 Å². The molecular weight excluding hydrogens is 280 g/mol. The number of hydrogen-bond donors (Lipinski definition) is 1. The smallest absolute Gasteiger partial charge is 0.288 e. The molecule has 0 spiro atoms. The first-order valence-electron chi connectivity index (χ1n) is 6.68. The van der Waals surface area contributed by atoms with Gasteiger partial charge < -0.3 is 10.1 Å². The lowest BCUT2D eigenvalue weighted by Gasteiger charge is -2.11. The van der Waals surface area contributed by atoms with Crippen molar-refractivity contribution in [3.8, 4) is 0 Å². The first-order chi connectivity index (χ1) is 9.41. The quantitative estimate of drug-likeness (QED) is 0.447. The van der Waals surface area contributed by atoms with Crippen molar-refractivity contribution >= 4 is 23.0 Å². The summed E-state index contributed by atoms with van der Waals surface area (Å²) < 4.78 is 5.49. The lowest BCUT2D eigenvalue weighted by molar-refractivity contribution is -0.384. The molecule has 0 bridgehead atoms. The molecule has 1 aromatic carbocycles. The standard InChI is InChI=1S/C14H21ClN2O3/c1-10(2)4-6-20-7-5-16-13-9-12(15)14(17(18)19)8-11(13)3/h8-10,16H,4-7H2,1-3H3. The molecule has 1 rings (SSSR count). The average molecular weight is 301 g/mol. The number of nitrogens with one attached hydrogen (secondary N) is 1. The van der Waals surface area contributed by atoms with Crippen molar-refractivity contribution in [2.45, 2.75) is 27.2 Å². The molecule has 5 nitrogen and oxygen atoms in total. The van der Waals surface area contributed by atoms with Gasteiger partial charge in [0.15, 0.2) is 0 Å². The minimum absolute atomic E-state index is 0.0668. The summed E-state index contributed by atoms with van der Waals surface area (Å²) in [6.07, 6.45) is 1.04. The molecule has 0 saturated carbocycles. The molecule has 20 heavy (non-hydrogen) atoms. The Bertz CT molecular complexity index is 464. The fraction of sp³-hybridized carbons (Fsp3) is 0.571. The highest BCUT2D eigenvalue weighted by molar-refractivity contribution is 6.33. The van der Waals surface area contributed by atoms with Gasteiger partial charge in [-0.25, -0.2) is 0 Å². The van der Waals surface area contributed by atoms with E-state index in [1.807, 2.05) is 6.92 Å². The molecule has 0 fully saturated rings. The van der Waals surface area contributed by atoms with Gasteiger partial charge in [-0.05, 0) is 30.9 Å². The van der Waals surface area contributed by atoms with Crippen molar-refractivity contribution < 1.29 is 9.66 Å². The third kappa shape index (κ3) is 5.35. The summed E-state index contributed by atoms with van der Waals surface area (Å²) in [4.78, 5) is 10.3. The van der Waals surface area contributed by atoms with Gasteiger partial charge in [-0.1, -0.05) is 25.4 Å². The highest BCUT2D eigenvalue weighted by Gasteiger charge is 2.14. The van der Waals surface area contributed by atoms with E-state index >= 15 is 0 Å². The minimum atomic E-state index is -0.478. The second kappa shape index (κ2) is 8.07. The molecule has 0 aliphatic heterocycles. The van der Waals surface area contributed by atoms with Crippen LogP contribution in [0.2, 0.25) is 5.02 Å². The Morgan fingerprint density at radius 3 is 2.70 bits per heavy atom. The molecule has 0 saturated heterocycles. The summed E-state index contributed by atoms with van der Waals surface area (Å²) in [5.41, 5.74) is 1.53. The van der Waals surface area contributed by atoms with Crippen LogP contribution in [0.5, 0.6) is 0 Å². The van der Waals surface area contributed by atoms with E-state index in [4.69, 9.17) is 16.3 Å². The molecule has 0 radical (unpaired) electrons. The predicted molar refractivity (Wildman–Crippen MR) is 81.6 cm³/mol. The number of nitro groups is 1. The molecule has 1 aromatic rings. The van der Waals surface area contributed by atoms with Gasteiger partial charge in [0.25, 0.3) is 5.69 Å². The Hall–Kier alpha value is -1.33. The van der Waals surface area contributed by atoms with Crippen LogP contribution in [-0.2, 0) is 4.74 Å². The van der Waals surface area contributed by atoms with Crippen molar-refractivity contribution in [3.63, 3.8) is 0 Å². The molecule has 0 heterocycles. The van der Waals surface area contributed by atoms with Crippen LogP contribution in [0.4, 0.5) is 11.4 Å². The van der Waals surface area contributed by atoms with Gasteiger partial charge in [0.2, 0.25) is 0 Å². The summed E-state index contributed by atoms with van der Waals surface area (Å²) in [6.45, 7) is 8.12. The zero-order valence-electron chi connectivity index (χ0n) is 12.1. The van der Waals surface area contributed by atoms with Crippen LogP contribution in [0.1, 0.15) is 25.8 Å². The normalized spacial score (nSPS) is 10.8. The molecule has 0 unspecified atom stereocenters.